The number of nitrogens with one attached hydrogen (secondary N) is 1. The molecule has 146 valence electrons. The lowest BCUT2D eigenvalue weighted by molar-refractivity contribution is -0.122. The lowest BCUT2D eigenvalue weighted by atomic mass is 10.2. The van der Waals surface area contributed by atoms with Gasteiger partial charge in [-0.2, -0.15) is 0 Å². The van der Waals surface area contributed by atoms with Crippen molar-refractivity contribution in [2.75, 3.05) is 17.2 Å². The molecule has 1 atom stereocenters. The molecule has 0 radical (unpaired) electrons. The number of carbonyl (C=O) groups excluding carboxylic acids is 1. The van der Waals surface area contributed by atoms with Gasteiger partial charge in [0.05, 0.1) is 18.6 Å². The van der Waals surface area contributed by atoms with Gasteiger partial charge in [0, 0.05) is 6.54 Å². The fraction of sp³-hybridized carbons (Fsp3) is 0.316. The second-order valence-corrected chi connectivity index (χ2v) is 7.84. The SMILES string of the molecule is CCOc1cccc(CNC(=O)[C@H](C)N(c2ccccc2F)S(C)(=O)=O)c1. The Labute approximate surface area is 159 Å². The highest BCUT2D eigenvalue weighted by atomic mass is 32.2. The number of carbonyl (C=O) groups is 1. The standard InChI is InChI=1S/C19H23FN2O4S/c1-4-26-16-9-7-8-15(12-16)13-21-19(23)14(2)22(27(3,24)25)18-11-6-5-10-17(18)20/h5-12,14H,4,13H2,1-3H3,(H,21,23)/t14-/m0/s1. The second-order valence-electron chi connectivity index (χ2n) is 5.98. The fourth-order valence-corrected chi connectivity index (χ4v) is 3.84. The second kappa shape index (κ2) is 8.85. The maximum atomic E-state index is 14.1. The van der Waals surface area contributed by atoms with E-state index in [0.29, 0.717) is 12.4 Å². The number of para-hydroxylation sites is 1. The number of nitrogens with zero attached hydrogens (tertiary/aromatic N) is 1. The van der Waals surface area contributed by atoms with E-state index in [-0.39, 0.29) is 12.2 Å². The predicted molar refractivity (Wildman–Crippen MR) is 103 cm³/mol. The minimum absolute atomic E-state index is 0.166. The topological polar surface area (TPSA) is 75.7 Å². The molecule has 0 unspecified atom stereocenters. The molecule has 2 aromatic rings. The highest BCUT2D eigenvalue weighted by Gasteiger charge is 2.30. The zero-order valence-electron chi connectivity index (χ0n) is 15.5. The average Bonchev–Trinajstić information content (AvgIpc) is 2.61. The molecule has 2 rings (SSSR count). The van der Waals surface area contributed by atoms with Crippen molar-refractivity contribution in [1.29, 1.82) is 0 Å². The highest BCUT2D eigenvalue weighted by Crippen LogP contribution is 2.24. The van der Waals surface area contributed by atoms with Crippen molar-refractivity contribution in [2.45, 2.75) is 26.4 Å². The van der Waals surface area contributed by atoms with Gasteiger partial charge in [0.2, 0.25) is 15.9 Å². The summed E-state index contributed by atoms with van der Waals surface area (Å²) in [6, 6.07) is 11.5. The summed E-state index contributed by atoms with van der Waals surface area (Å²) in [6.07, 6.45) is 0.939. The van der Waals surface area contributed by atoms with Crippen LogP contribution in [0.3, 0.4) is 0 Å². The Morgan fingerprint density at radius 2 is 1.93 bits per heavy atom. The molecule has 0 saturated heterocycles. The molecule has 2 aromatic carbocycles. The highest BCUT2D eigenvalue weighted by molar-refractivity contribution is 7.92. The van der Waals surface area contributed by atoms with E-state index in [4.69, 9.17) is 4.74 Å². The summed E-state index contributed by atoms with van der Waals surface area (Å²) in [5, 5.41) is 2.69. The normalized spacial score (nSPS) is 12.3. The van der Waals surface area contributed by atoms with Crippen molar-refractivity contribution in [1.82, 2.24) is 5.32 Å². The van der Waals surface area contributed by atoms with Crippen LogP contribution in [0.1, 0.15) is 19.4 Å². The molecule has 0 bridgehead atoms. The lowest BCUT2D eigenvalue weighted by Gasteiger charge is -2.28. The quantitative estimate of drug-likeness (QED) is 0.747. The van der Waals surface area contributed by atoms with E-state index < -0.39 is 27.8 Å². The van der Waals surface area contributed by atoms with E-state index in [2.05, 4.69) is 5.32 Å². The van der Waals surface area contributed by atoms with Gasteiger partial charge in [-0.05, 0) is 43.7 Å². The molecule has 0 fully saturated rings. The zero-order valence-corrected chi connectivity index (χ0v) is 16.3. The van der Waals surface area contributed by atoms with E-state index in [1.54, 1.807) is 18.2 Å². The Morgan fingerprint density at radius 1 is 1.22 bits per heavy atom. The smallest absolute Gasteiger partial charge is 0.243 e. The Morgan fingerprint density at radius 3 is 2.56 bits per heavy atom. The number of hydrogen-bond donors (Lipinski definition) is 1. The molecule has 0 saturated carbocycles. The molecule has 1 N–H and O–H groups in total. The summed E-state index contributed by atoms with van der Waals surface area (Å²) >= 11 is 0. The van der Waals surface area contributed by atoms with Crippen LogP contribution in [0.2, 0.25) is 0 Å². The van der Waals surface area contributed by atoms with Crippen molar-refractivity contribution in [3.8, 4) is 5.75 Å². The monoisotopic (exact) mass is 394 g/mol. The summed E-state index contributed by atoms with van der Waals surface area (Å²) in [5.41, 5.74) is 0.638. The van der Waals surface area contributed by atoms with Crippen molar-refractivity contribution in [3.63, 3.8) is 0 Å². The maximum absolute atomic E-state index is 14.1. The number of ether oxygens (including phenoxy) is 1. The molecule has 0 aliphatic carbocycles. The fourth-order valence-electron chi connectivity index (χ4n) is 2.66. The van der Waals surface area contributed by atoms with Crippen LogP contribution in [0.4, 0.5) is 10.1 Å². The van der Waals surface area contributed by atoms with Crippen LogP contribution in [0, 0.1) is 5.82 Å². The van der Waals surface area contributed by atoms with Crippen LogP contribution in [0.25, 0.3) is 0 Å². The molecule has 0 heterocycles. The molecule has 0 aliphatic rings. The first-order chi connectivity index (χ1) is 12.7. The minimum Gasteiger partial charge on any atom is -0.494 e. The zero-order chi connectivity index (χ0) is 20.0. The lowest BCUT2D eigenvalue weighted by Crippen LogP contribution is -2.48. The van der Waals surface area contributed by atoms with Gasteiger partial charge in [-0.15, -0.1) is 0 Å². The van der Waals surface area contributed by atoms with E-state index >= 15 is 0 Å². The third-order valence-electron chi connectivity index (χ3n) is 3.85. The molecule has 27 heavy (non-hydrogen) atoms. The first-order valence-corrected chi connectivity index (χ1v) is 10.3. The van der Waals surface area contributed by atoms with Crippen LogP contribution in [0.5, 0.6) is 5.75 Å². The molecular formula is C19H23FN2O4S. The van der Waals surface area contributed by atoms with Gasteiger partial charge < -0.3 is 10.1 Å². The van der Waals surface area contributed by atoms with E-state index in [1.165, 1.54) is 25.1 Å². The molecule has 0 spiro atoms. The van der Waals surface area contributed by atoms with Gasteiger partial charge in [-0.1, -0.05) is 24.3 Å². The van der Waals surface area contributed by atoms with Gasteiger partial charge in [0.1, 0.15) is 17.6 Å². The number of rotatable bonds is 8. The number of hydrogen-bond acceptors (Lipinski definition) is 4. The van der Waals surface area contributed by atoms with Gasteiger partial charge in [0.15, 0.2) is 0 Å². The van der Waals surface area contributed by atoms with Gasteiger partial charge in [0.25, 0.3) is 0 Å². The van der Waals surface area contributed by atoms with Crippen LogP contribution in [-0.4, -0.2) is 33.2 Å². The summed E-state index contributed by atoms with van der Waals surface area (Å²) < 4.78 is 44.7. The number of halogens is 1. The Balaban J connectivity index is 2.16. The van der Waals surface area contributed by atoms with Crippen molar-refractivity contribution in [3.05, 3.63) is 59.9 Å². The van der Waals surface area contributed by atoms with E-state index in [1.807, 2.05) is 13.0 Å². The number of benzene rings is 2. The maximum Gasteiger partial charge on any atom is 0.243 e. The Kier molecular flexibility index (Phi) is 6.79. The van der Waals surface area contributed by atoms with Crippen LogP contribution in [-0.2, 0) is 21.4 Å². The van der Waals surface area contributed by atoms with Crippen LogP contribution >= 0.6 is 0 Å². The minimum atomic E-state index is -3.87. The largest absolute Gasteiger partial charge is 0.494 e. The molecule has 6 nitrogen and oxygen atoms in total. The molecular weight excluding hydrogens is 371 g/mol. The number of sulfonamides is 1. The van der Waals surface area contributed by atoms with Crippen LogP contribution < -0.4 is 14.4 Å². The predicted octanol–water partition coefficient (Wildman–Crippen LogP) is 2.70. The summed E-state index contributed by atoms with van der Waals surface area (Å²) in [7, 11) is -3.87. The summed E-state index contributed by atoms with van der Waals surface area (Å²) in [6.45, 7) is 4.01. The third kappa shape index (κ3) is 5.43. The summed E-state index contributed by atoms with van der Waals surface area (Å²) in [4.78, 5) is 12.5. The Bertz CT molecular complexity index is 902. The third-order valence-corrected chi connectivity index (χ3v) is 5.08. The van der Waals surface area contributed by atoms with Crippen molar-refractivity contribution >= 4 is 21.6 Å². The van der Waals surface area contributed by atoms with Crippen LogP contribution in [0.15, 0.2) is 48.5 Å². The summed E-state index contributed by atoms with van der Waals surface area (Å²) in [5.74, 6) is -0.570. The van der Waals surface area contributed by atoms with Crippen molar-refractivity contribution < 1.29 is 22.3 Å². The van der Waals surface area contributed by atoms with Gasteiger partial charge in [-0.3, -0.25) is 9.10 Å². The number of anilines is 1. The van der Waals surface area contributed by atoms with Gasteiger partial charge in [-0.25, -0.2) is 12.8 Å². The van der Waals surface area contributed by atoms with E-state index in [9.17, 15) is 17.6 Å². The Hall–Kier alpha value is -2.61. The van der Waals surface area contributed by atoms with E-state index in [0.717, 1.165) is 22.2 Å². The molecule has 0 aliphatic heterocycles. The number of amides is 1. The first-order valence-electron chi connectivity index (χ1n) is 8.47. The average molecular weight is 394 g/mol. The van der Waals surface area contributed by atoms with Crippen molar-refractivity contribution in [2.24, 2.45) is 0 Å². The van der Waals surface area contributed by atoms with Gasteiger partial charge >= 0.3 is 0 Å². The molecule has 8 heteroatoms. The molecule has 1 amide bonds. The molecule has 0 aromatic heterocycles. The first kappa shape index (κ1) is 20.7.